The number of piperidine rings is 1. The van der Waals surface area contributed by atoms with Crippen molar-refractivity contribution in [3.8, 4) is 0 Å². The van der Waals surface area contributed by atoms with Crippen LogP contribution in [0.1, 0.15) is 64.6 Å². The lowest BCUT2D eigenvalue weighted by Gasteiger charge is -2.41. The van der Waals surface area contributed by atoms with E-state index >= 15 is 0 Å². The lowest BCUT2D eigenvalue weighted by atomic mass is 9.84. The molecule has 2 rings (SSSR count). The van der Waals surface area contributed by atoms with Crippen LogP contribution in [0.25, 0.3) is 0 Å². The van der Waals surface area contributed by atoms with Crippen LogP contribution in [-0.2, 0) is 5.41 Å². The Labute approximate surface area is 130 Å². The van der Waals surface area contributed by atoms with Crippen LogP contribution in [0, 0.1) is 5.92 Å². The molecular weight excluding hydrogens is 256 g/mol. The van der Waals surface area contributed by atoms with E-state index in [-0.39, 0.29) is 11.5 Å². The van der Waals surface area contributed by atoms with Crippen molar-refractivity contribution >= 4 is 0 Å². The fourth-order valence-corrected chi connectivity index (χ4v) is 3.41. The SMILES string of the molecule is CC(C)CN1CCCC(N)C1c1ccc(C(C)(C)C)cc1. The molecule has 0 amide bonds. The summed E-state index contributed by atoms with van der Waals surface area (Å²) in [6.07, 6.45) is 2.37. The highest BCUT2D eigenvalue weighted by Crippen LogP contribution is 2.32. The van der Waals surface area contributed by atoms with Crippen molar-refractivity contribution in [2.45, 2.75) is 65.0 Å². The van der Waals surface area contributed by atoms with Crippen molar-refractivity contribution in [3.63, 3.8) is 0 Å². The zero-order valence-electron chi connectivity index (χ0n) is 14.4. The van der Waals surface area contributed by atoms with Gasteiger partial charge in [-0.3, -0.25) is 4.90 Å². The van der Waals surface area contributed by atoms with Gasteiger partial charge in [0.05, 0.1) is 0 Å². The van der Waals surface area contributed by atoms with Crippen LogP contribution in [0.3, 0.4) is 0 Å². The van der Waals surface area contributed by atoms with E-state index < -0.39 is 0 Å². The van der Waals surface area contributed by atoms with Crippen molar-refractivity contribution in [1.82, 2.24) is 4.90 Å². The predicted octanol–water partition coefficient (Wildman–Crippen LogP) is 4.10. The molecule has 1 aliphatic heterocycles. The number of rotatable bonds is 3. The number of nitrogens with two attached hydrogens (primary N) is 1. The number of hydrogen-bond acceptors (Lipinski definition) is 2. The highest BCUT2D eigenvalue weighted by molar-refractivity contribution is 5.30. The molecule has 2 nitrogen and oxygen atoms in total. The Morgan fingerprint density at radius 2 is 1.81 bits per heavy atom. The largest absolute Gasteiger partial charge is 0.326 e. The van der Waals surface area contributed by atoms with Crippen LogP contribution < -0.4 is 5.73 Å². The molecule has 1 heterocycles. The molecule has 0 saturated carbocycles. The van der Waals surface area contributed by atoms with E-state index in [0.717, 1.165) is 13.0 Å². The third-order valence-electron chi connectivity index (χ3n) is 4.50. The van der Waals surface area contributed by atoms with Crippen molar-refractivity contribution in [3.05, 3.63) is 35.4 Å². The maximum absolute atomic E-state index is 6.46. The first-order valence-corrected chi connectivity index (χ1v) is 8.39. The summed E-state index contributed by atoms with van der Waals surface area (Å²) in [6.45, 7) is 13.7. The standard InChI is InChI=1S/C19H32N2/c1-14(2)13-21-12-6-7-17(20)18(21)15-8-10-16(11-9-15)19(3,4)5/h8-11,14,17-18H,6-7,12-13,20H2,1-5H3. The van der Waals surface area contributed by atoms with Crippen LogP contribution in [0.5, 0.6) is 0 Å². The van der Waals surface area contributed by atoms with Crippen molar-refractivity contribution in [2.24, 2.45) is 11.7 Å². The topological polar surface area (TPSA) is 29.3 Å². The summed E-state index contributed by atoms with van der Waals surface area (Å²) in [5.74, 6) is 0.687. The van der Waals surface area contributed by atoms with E-state index in [1.54, 1.807) is 0 Å². The van der Waals surface area contributed by atoms with Crippen molar-refractivity contribution in [2.75, 3.05) is 13.1 Å². The summed E-state index contributed by atoms with van der Waals surface area (Å²) in [6, 6.07) is 9.80. The lowest BCUT2D eigenvalue weighted by Crippen LogP contribution is -2.47. The minimum absolute atomic E-state index is 0.213. The number of nitrogens with zero attached hydrogens (tertiary/aromatic N) is 1. The van der Waals surface area contributed by atoms with Gasteiger partial charge in [0, 0.05) is 18.6 Å². The Hall–Kier alpha value is -0.860. The van der Waals surface area contributed by atoms with Gasteiger partial charge in [-0.2, -0.15) is 0 Å². The minimum atomic E-state index is 0.213. The maximum atomic E-state index is 6.46. The van der Waals surface area contributed by atoms with Crippen LogP contribution in [-0.4, -0.2) is 24.0 Å². The Bertz CT molecular complexity index is 442. The van der Waals surface area contributed by atoms with E-state index in [2.05, 4.69) is 63.8 Å². The van der Waals surface area contributed by atoms with E-state index in [1.807, 2.05) is 0 Å². The van der Waals surface area contributed by atoms with Crippen LogP contribution in [0.4, 0.5) is 0 Å². The third kappa shape index (κ3) is 4.08. The maximum Gasteiger partial charge on any atom is 0.0499 e. The van der Waals surface area contributed by atoms with Crippen LogP contribution in [0.2, 0.25) is 0 Å². The van der Waals surface area contributed by atoms with Gasteiger partial charge >= 0.3 is 0 Å². The Morgan fingerprint density at radius 3 is 2.33 bits per heavy atom. The highest BCUT2D eigenvalue weighted by Gasteiger charge is 2.30. The summed E-state index contributed by atoms with van der Waals surface area (Å²) in [4.78, 5) is 2.59. The molecule has 0 spiro atoms. The average molecular weight is 288 g/mol. The molecule has 1 aliphatic rings. The Kier molecular flexibility index (Phi) is 5.11. The summed E-state index contributed by atoms with van der Waals surface area (Å²) >= 11 is 0. The molecule has 118 valence electrons. The zero-order valence-corrected chi connectivity index (χ0v) is 14.4. The Morgan fingerprint density at radius 1 is 1.19 bits per heavy atom. The van der Waals surface area contributed by atoms with Gasteiger partial charge in [0.15, 0.2) is 0 Å². The minimum Gasteiger partial charge on any atom is -0.326 e. The van der Waals surface area contributed by atoms with Gasteiger partial charge in [0.1, 0.15) is 0 Å². The normalized spacial score (nSPS) is 24.5. The van der Waals surface area contributed by atoms with Crippen LogP contribution >= 0.6 is 0 Å². The first-order chi connectivity index (χ1) is 9.79. The average Bonchev–Trinajstić information content (AvgIpc) is 2.37. The van der Waals surface area contributed by atoms with E-state index in [0.29, 0.717) is 12.0 Å². The van der Waals surface area contributed by atoms with Gasteiger partial charge in [-0.15, -0.1) is 0 Å². The molecular formula is C19H32N2. The molecule has 0 aromatic heterocycles. The third-order valence-corrected chi connectivity index (χ3v) is 4.50. The molecule has 1 aromatic carbocycles. The van der Waals surface area contributed by atoms with Gasteiger partial charge < -0.3 is 5.73 Å². The summed E-state index contributed by atoms with van der Waals surface area (Å²) < 4.78 is 0. The van der Waals surface area contributed by atoms with Gasteiger partial charge in [-0.1, -0.05) is 58.9 Å². The molecule has 0 bridgehead atoms. The summed E-state index contributed by atoms with van der Waals surface area (Å²) in [5.41, 5.74) is 9.45. The first kappa shape index (κ1) is 16.5. The summed E-state index contributed by atoms with van der Waals surface area (Å²) in [5, 5.41) is 0. The molecule has 1 saturated heterocycles. The van der Waals surface area contributed by atoms with E-state index in [4.69, 9.17) is 5.73 Å². The van der Waals surface area contributed by atoms with Gasteiger partial charge in [-0.25, -0.2) is 0 Å². The first-order valence-electron chi connectivity index (χ1n) is 8.39. The molecule has 0 aliphatic carbocycles. The highest BCUT2D eigenvalue weighted by atomic mass is 15.2. The molecule has 0 radical (unpaired) electrons. The lowest BCUT2D eigenvalue weighted by molar-refractivity contribution is 0.114. The van der Waals surface area contributed by atoms with Gasteiger partial charge in [0.25, 0.3) is 0 Å². The van der Waals surface area contributed by atoms with E-state index in [1.165, 1.54) is 24.1 Å². The molecule has 21 heavy (non-hydrogen) atoms. The monoisotopic (exact) mass is 288 g/mol. The molecule has 1 fully saturated rings. The second-order valence-corrected chi connectivity index (χ2v) is 8.01. The molecule has 2 unspecified atom stereocenters. The quantitative estimate of drug-likeness (QED) is 0.907. The Balaban J connectivity index is 2.23. The smallest absolute Gasteiger partial charge is 0.0499 e. The van der Waals surface area contributed by atoms with E-state index in [9.17, 15) is 0 Å². The molecule has 2 N–H and O–H groups in total. The second kappa shape index (κ2) is 6.50. The summed E-state index contributed by atoms with van der Waals surface area (Å²) in [7, 11) is 0. The van der Waals surface area contributed by atoms with Crippen molar-refractivity contribution in [1.29, 1.82) is 0 Å². The van der Waals surface area contributed by atoms with Crippen molar-refractivity contribution < 1.29 is 0 Å². The zero-order chi connectivity index (χ0) is 15.6. The van der Waals surface area contributed by atoms with Gasteiger partial charge in [-0.05, 0) is 41.8 Å². The molecule has 1 aromatic rings. The number of benzene rings is 1. The molecule has 2 heteroatoms. The van der Waals surface area contributed by atoms with Crippen LogP contribution in [0.15, 0.2) is 24.3 Å². The number of likely N-dealkylation sites (tertiary alicyclic amines) is 1. The van der Waals surface area contributed by atoms with Gasteiger partial charge in [0.2, 0.25) is 0 Å². The molecule has 2 atom stereocenters. The fourth-order valence-electron chi connectivity index (χ4n) is 3.41. The number of hydrogen-bond donors (Lipinski definition) is 1. The fraction of sp³-hybridized carbons (Fsp3) is 0.684. The second-order valence-electron chi connectivity index (χ2n) is 8.01. The predicted molar refractivity (Wildman–Crippen MR) is 91.5 cm³/mol.